The summed E-state index contributed by atoms with van der Waals surface area (Å²) in [5, 5.41) is 12.5. The summed E-state index contributed by atoms with van der Waals surface area (Å²) in [6.45, 7) is 0. The van der Waals surface area contributed by atoms with E-state index in [4.69, 9.17) is 5.21 Å². The smallest absolute Gasteiger partial charge is 0.267 e. The van der Waals surface area contributed by atoms with Gasteiger partial charge in [0.1, 0.15) is 0 Å². The molecule has 0 atom stereocenters. The number of rotatable bonds is 4. The van der Waals surface area contributed by atoms with Crippen LogP contribution in [-0.4, -0.2) is 17.0 Å². The van der Waals surface area contributed by atoms with Gasteiger partial charge in [-0.1, -0.05) is 19.3 Å². The van der Waals surface area contributed by atoms with Gasteiger partial charge < -0.3 is 5.32 Å². The van der Waals surface area contributed by atoms with E-state index in [2.05, 4.69) is 5.32 Å². The monoisotopic (exact) mass is 344 g/mol. The molecule has 1 aliphatic carbocycles. The lowest BCUT2D eigenvalue weighted by Gasteiger charge is -2.20. The van der Waals surface area contributed by atoms with Crippen LogP contribution in [0, 0.1) is 5.92 Å². The molecule has 0 aliphatic heterocycles. The van der Waals surface area contributed by atoms with Crippen LogP contribution in [0.25, 0.3) is 16.2 Å². The number of hydrogen-bond acceptors (Lipinski definition) is 4. The molecule has 1 aromatic heterocycles. The third kappa shape index (κ3) is 4.01. The van der Waals surface area contributed by atoms with Crippen molar-refractivity contribution in [2.75, 3.05) is 5.32 Å². The van der Waals surface area contributed by atoms with Gasteiger partial charge in [-0.15, -0.1) is 11.3 Å². The summed E-state index contributed by atoms with van der Waals surface area (Å²) >= 11 is 1.54. The third-order valence-electron chi connectivity index (χ3n) is 4.29. The molecule has 3 N–H and O–H groups in total. The molecule has 2 amide bonds. The summed E-state index contributed by atoms with van der Waals surface area (Å²) < 4.78 is 1.08. The van der Waals surface area contributed by atoms with Crippen molar-refractivity contribution in [2.24, 2.45) is 5.92 Å². The highest BCUT2D eigenvalue weighted by molar-refractivity contribution is 7.19. The molecule has 0 bridgehead atoms. The van der Waals surface area contributed by atoms with Crippen molar-refractivity contribution < 1.29 is 14.8 Å². The van der Waals surface area contributed by atoms with E-state index in [1.807, 2.05) is 24.3 Å². The Hall–Kier alpha value is -2.18. The predicted molar refractivity (Wildman–Crippen MR) is 96.0 cm³/mol. The minimum absolute atomic E-state index is 0.115. The molecule has 1 aromatic carbocycles. The van der Waals surface area contributed by atoms with Crippen molar-refractivity contribution in [3.8, 4) is 0 Å². The number of hydroxylamine groups is 1. The van der Waals surface area contributed by atoms with Crippen LogP contribution in [0.15, 0.2) is 30.3 Å². The van der Waals surface area contributed by atoms with Crippen LogP contribution in [0.5, 0.6) is 0 Å². The fourth-order valence-corrected chi connectivity index (χ4v) is 3.98. The second-order valence-electron chi connectivity index (χ2n) is 6.03. The summed E-state index contributed by atoms with van der Waals surface area (Å²) in [6, 6.07) is 7.79. The number of thiophene rings is 1. The fraction of sp³-hybridized carbons (Fsp3) is 0.333. The van der Waals surface area contributed by atoms with Crippen molar-refractivity contribution >= 4 is 45.0 Å². The molecule has 5 nitrogen and oxygen atoms in total. The molecule has 0 unspecified atom stereocenters. The molecule has 1 saturated carbocycles. The first-order chi connectivity index (χ1) is 11.7. The number of benzene rings is 1. The zero-order valence-electron chi connectivity index (χ0n) is 13.2. The molecule has 0 saturated heterocycles. The Kier molecular flexibility index (Phi) is 5.27. The number of carbonyl (C=O) groups excluding carboxylic acids is 2. The zero-order chi connectivity index (χ0) is 16.9. The lowest BCUT2D eigenvalue weighted by atomic mass is 9.88. The van der Waals surface area contributed by atoms with Gasteiger partial charge in [-0.3, -0.25) is 14.8 Å². The molecule has 3 rings (SSSR count). The molecule has 0 spiro atoms. The Morgan fingerprint density at radius 3 is 2.71 bits per heavy atom. The quantitative estimate of drug-likeness (QED) is 0.446. The van der Waals surface area contributed by atoms with Crippen LogP contribution in [0.3, 0.4) is 0 Å². The average Bonchev–Trinajstić information content (AvgIpc) is 3.02. The van der Waals surface area contributed by atoms with Gasteiger partial charge in [0.15, 0.2) is 0 Å². The Morgan fingerprint density at radius 2 is 1.96 bits per heavy atom. The molecule has 126 valence electrons. The summed E-state index contributed by atoms with van der Waals surface area (Å²) in [5.74, 6) is -0.315. The van der Waals surface area contributed by atoms with E-state index in [9.17, 15) is 9.59 Å². The maximum Gasteiger partial charge on any atom is 0.267 e. The third-order valence-corrected chi connectivity index (χ3v) is 5.37. The molecule has 0 radical (unpaired) electrons. The number of anilines is 1. The van der Waals surface area contributed by atoms with Crippen molar-refractivity contribution in [3.05, 3.63) is 35.2 Å². The molecule has 1 aliphatic rings. The van der Waals surface area contributed by atoms with Gasteiger partial charge in [0.25, 0.3) is 5.91 Å². The van der Waals surface area contributed by atoms with Crippen molar-refractivity contribution in [3.63, 3.8) is 0 Å². The molecule has 1 fully saturated rings. The van der Waals surface area contributed by atoms with Gasteiger partial charge >= 0.3 is 0 Å². The Morgan fingerprint density at radius 1 is 1.17 bits per heavy atom. The topological polar surface area (TPSA) is 78.4 Å². The maximum atomic E-state index is 12.3. The molecular formula is C18H20N2O3S. The largest absolute Gasteiger partial charge is 0.326 e. The zero-order valence-corrected chi connectivity index (χ0v) is 14.1. The van der Waals surface area contributed by atoms with E-state index in [1.54, 1.807) is 22.9 Å². The Labute approximate surface area is 144 Å². The van der Waals surface area contributed by atoms with E-state index >= 15 is 0 Å². The first-order valence-corrected chi connectivity index (χ1v) is 8.94. The minimum Gasteiger partial charge on any atom is -0.326 e. The van der Waals surface area contributed by atoms with E-state index in [0.29, 0.717) is 0 Å². The van der Waals surface area contributed by atoms with Crippen LogP contribution in [-0.2, 0) is 9.59 Å². The first-order valence-electron chi connectivity index (χ1n) is 8.12. The van der Waals surface area contributed by atoms with Gasteiger partial charge in [0.05, 0.1) is 0 Å². The molecule has 2 aromatic rings. The van der Waals surface area contributed by atoms with Crippen LogP contribution in [0.4, 0.5) is 5.69 Å². The van der Waals surface area contributed by atoms with E-state index < -0.39 is 5.91 Å². The highest BCUT2D eigenvalue weighted by Crippen LogP contribution is 2.30. The SMILES string of the molecule is O=C(C=Cc1cc2cc(NC(=O)C3CCCCC3)ccc2s1)NO. The fourth-order valence-electron chi connectivity index (χ4n) is 3.03. The summed E-state index contributed by atoms with van der Waals surface area (Å²) in [5.41, 5.74) is 2.37. The van der Waals surface area contributed by atoms with Gasteiger partial charge in [-0.2, -0.15) is 0 Å². The minimum atomic E-state index is -0.562. The lowest BCUT2D eigenvalue weighted by Crippen LogP contribution is -2.24. The second-order valence-corrected chi connectivity index (χ2v) is 7.15. The maximum absolute atomic E-state index is 12.3. The lowest BCUT2D eigenvalue weighted by molar-refractivity contribution is -0.124. The number of fused-ring (bicyclic) bond motifs is 1. The molecular weight excluding hydrogens is 324 g/mol. The van der Waals surface area contributed by atoms with Crippen LogP contribution in [0.2, 0.25) is 0 Å². The van der Waals surface area contributed by atoms with E-state index in [1.165, 1.54) is 12.5 Å². The molecule has 1 heterocycles. The number of carbonyl (C=O) groups is 2. The first kappa shape index (κ1) is 16.7. The van der Waals surface area contributed by atoms with E-state index in [-0.39, 0.29) is 11.8 Å². The second kappa shape index (κ2) is 7.59. The Balaban J connectivity index is 1.72. The van der Waals surface area contributed by atoms with E-state index in [0.717, 1.165) is 46.3 Å². The highest BCUT2D eigenvalue weighted by atomic mass is 32.1. The van der Waals surface area contributed by atoms with Crippen molar-refractivity contribution in [1.29, 1.82) is 0 Å². The molecule has 24 heavy (non-hydrogen) atoms. The van der Waals surface area contributed by atoms with Gasteiger partial charge in [-0.25, -0.2) is 5.48 Å². The average molecular weight is 344 g/mol. The summed E-state index contributed by atoms with van der Waals surface area (Å²) in [6.07, 6.45) is 8.39. The van der Waals surface area contributed by atoms with Gasteiger partial charge in [0, 0.05) is 27.3 Å². The normalized spacial score (nSPS) is 15.7. The highest BCUT2D eigenvalue weighted by Gasteiger charge is 2.21. The summed E-state index contributed by atoms with van der Waals surface area (Å²) in [4.78, 5) is 24.3. The standard InChI is InChI=1S/C18H20N2O3S/c21-17(20-23)9-7-15-11-13-10-14(6-8-16(13)24-15)19-18(22)12-4-2-1-3-5-12/h6-12,23H,1-5H2,(H,19,22)(H,20,21). The molecule has 6 heteroatoms. The van der Waals surface area contributed by atoms with Gasteiger partial charge in [-0.05, 0) is 48.6 Å². The van der Waals surface area contributed by atoms with Gasteiger partial charge in [0.2, 0.25) is 5.91 Å². The predicted octanol–water partition coefficient (Wildman–Crippen LogP) is 3.94. The number of amides is 2. The van der Waals surface area contributed by atoms with Crippen molar-refractivity contribution in [2.45, 2.75) is 32.1 Å². The van der Waals surface area contributed by atoms with Crippen LogP contribution in [0.1, 0.15) is 37.0 Å². The number of nitrogens with one attached hydrogen (secondary N) is 2. The van der Waals surface area contributed by atoms with Crippen LogP contribution < -0.4 is 10.8 Å². The Bertz CT molecular complexity index is 776. The summed E-state index contributed by atoms with van der Waals surface area (Å²) in [7, 11) is 0. The number of hydrogen-bond donors (Lipinski definition) is 3. The van der Waals surface area contributed by atoms with Crippen molar-refractivity contribution in [1.82, 2.24) is 5.48 Å². The van der Waals surface area contributed by atoms with Crippen LogP contribution >= 0.6 is 11.3 Å².